The molecule has 0 aliphatic carbocycles. The Morgan fingerprint density at radius 2 is 1.91 bits per heavy atom. The van der Waals surface area contributed by atoms with E-state index in [0.29, 0.717) is 31.1 Å². The number of pyridine rings is 1. The second kappa shape index (κ2) is 9.25. The number of ether oxygens (including phenoxy) is 1. The fourth-order valence-electron chi connectivity index (χ4n) is 3.97. The molecule has 1 aromatic carbocycles. The zero-order chi connectivity index (χ0) is 22.8. The number of hydrogen-bond acceptors (Lipinski definition) is 7. The Balaban J connectivity index is 1.55. The molecule has 1 amide bonds. The number of fused-ring (bicyclic) bond motifs is 1. The Labute approximate surface area is 196 Å². The Hall–Kier alpha value is -3.36. The summed E-state index contributed by atoms with van der Waals surface area (Å²) < 4.78 is 6.62. The number of rotatable bonds is 5. The first-order valence-corrected chi connectivity index (χ1v) is 11.8. The molecule has 1 fully saturated rings. The first kappa shape index (κ1) is 21.5. The number of anilines is 1. The number of aromatic nitrogens is 3. The van der Waals surface area contributed by atoms with Crippen molar-refractivity contribution >= 4 is 33.3 Å². The van der Waals surface area contributed by atoms with Crippen molar-refractivity contribution in [3.63, 3.8) is 0 Å². The standard InChI is InChI=1S/C25H25N5O2S/c1-17-20(16-29(2)25(31)18-7-4-3-5-8-18)33-22-21(17)27-23(19-9-6-10-26-15-19)28-24(22)30-11-13-32-14-12-30/h3-10,15H,11-14,16H2,1-2H3. The summed E-state index contributed by atoms with van der Waals surface area (Å²) in [7, 11) is 1.84. The van der Waals surface area contributed by atoms with Crippen molar-refractivity contribution in [3.05, 3.63) is 70.9 Å². The molecule has 5 rings (SSSR count). The Kier molecular flexibility index (Phi) is 6.02. The van der Waals surface area contributed by atoms with Crippen molar-refractivity contribution in [1.82, 2.24) is 19.9 Å². The molecule has 1 aliphatic rings. The van der Waals surface area contributed by atoms with E-state index in [0.717, 1.165) is 45.1 Å². The monoisotopic (exact) mass is 459 g/mol. The van der Waals surface area contributed by atoms with Gasteiger partial charge in [-0.05, 0) is 36.8 Å². The number of benzene rings is 1. The minimum atomic E-state index is 0.00277. The van der Waals surface area contributed by atoms with Gasteiger partial charge in [-0.15, -0.1) is 11.3 Å². The van der Waals surface area contributed by atoms with E-state index < -0.39 is 0 Å². The number of amides is 1. The lowest BCUT2D eigenvalue weighted by molar-refractivity contribution is 0.0786. The van der Waals surface area contributed by atoms with Crippen LogP contribution in [0, 0.1) is 6.92 Å². The van der Waals surface area contributed by atoms with Crippen LogP contribution < -0.4 is 4.90 Å². The molecule has 4 aromatic rings. The van der Waals surface area contributed by atoms with Crippen molar-refractivity contribution in [3.8, 4) is 11.4 Å². The predicted octanol–water partition coefficient (Wildman–Crippen LogP) is 4.17. The molecule has 1 saturated heterocycles. The van der Waals surface area contributed by atoms with E-state index in [1.165, 1.54) is 0 Å². The van der Waals surface area contributed by atoms with Gasteiger partial charge in [0.05, 0.1) is 30.0 Å². The fourth-order valence-corrected chi connectivity index (χ4v) is 5.29. The minimum absolute atomic E-state index is 0.00277. The third-order valence-corrected chi connectivity index (χ3v) is 7.09. The molecule has 4 heterocycles. The summed E-state index contributed by atoms with van der Waals surface area (Å²) >= 11 is 1.67. The molecule has 0 spiro atoms. The summed E-state index contributed by atoms with van der Waals surface area (Å²) in [6, 6.07) is 13.3. The molecule has 0 radical (unpaired) electrons. The summed E-state index contributed by atoms with van der Waals surface area (Å²) in [5, 5.41) is 0. The fraction of sp³-hybridized carbons (Fsp3) is 0.280. The van der Waals surface area contributed by atoms with Gasteiger partial charge in [-0.25, -0.2) is 9.97 Å². The highest BCUT2D eigenvalue weighted by molar-refractivity contribution is 7.19. The van der Waals surface area contributed by atoms with Crippen LogP contribution in [0.1, 0.15) is 20.8 Å². The van der Waals surface area contributed by atoms with Crippen molar-refractivity contribution in [2.75, 3.05) is 38.3 Å². The van der Waals surface area contributed by atoms with Gasteiger partial charge in [0.15, 0.2) is 11.6 Å². The van der Waals surface area contributed by atoms with Gasteiger partial charge >= 0.3 is 0 Å². The Bertz CT molecular complexity index is 1270. The van der Waals surface area contributed by atoms with Crippen LogP contribution in [-0.2, 0) is 11.3 Å². The van der Waals surface area contributed by atoms with Crippen LogP contribution in [0.15, 0.2) is 54.9 Å². The van der Waals surface area contributed by atoms with Crippen LogP contribution in [0.5, 0.6) is 0 Å². The van der Waals surface area contributed by atoms with Crippen molar-refractivity contribution < 1.29 is 9.53 Å². The number of aryl methyl sites for hydroxylation is 1. The molecule has 0 N–H and O–H groups in total. The lowest BCUT2D eigenvalue weighted by atomic mass is 10.2. The first-order chi connectivity index (χ1) is 16.1. The third kappa shape index (κ3) is 4.31. The molecule has 3 aromatic heterocycles. The van der Waals surface area contributed by atoms with Gasteiger partial charge in [-0.3, -0.25) is 9.78 Å². The van der Waals surface area contributed by atoms with E-state index in [9.17, 15) is 4.79 Å². The zero-order valence-electron chi connectivity index (χ0n) is 18.7. The molecule has 8 heteroatoms. The molecule has 0 atom stereocenters. The largest absolute Gasteiger partial charge is 0.378 e. The highest BCUT2D eigenvalue weighted by Gasteiger charge is 2.23. The topological polar surface area (TPSA) is 71.5 Å². The molecule has 0 saturated carbocycles. The Morgan fingerprint density at radius 3 is 2.64 bits per heavy atom. The summed E-state index contributed by atoms with van der Waals surface area (Å²) in [5.74, 6) is 1.60. The van der Waals surface area contributed by atoms with E-state index in [1.807, 2.05) is 49.5 Å². The molecule has 1 aliphatic heterocycles. The summed E-state index contributed by atoms with van der Waals surface area (Å²) in [6.45, 7) is 5.54. The van der Waals surface area contributed by atoms with E-state index in [2.05, 4.69) is 16.8 Å². The molecule has 7 nitrogen and oxygen atoms in total. The number of thiophene rings is 1. The molecule has 0 bridgehead atoms. The molecule has 33 heavy (non-hydrogen) atoms. The lowest BCUT2D eigenvalue weighted by Gasteiger charge is -2.28. The number of carbonyl (C=O) groups is 1. The van der Waals surface area contributed by atoms with E-state index in [1.54, 1.807) is 28.6 Å². The Morgan fingerprint density at radius 1 is 1.12 bits per heavy atom. The molecular weight excluding hydrogens is 434 g/mol. The van der Waals surface area contributed by atoms with Crippen LogP contribution in [0.2, 0.25) is 0 Å². The normalized spacial score (nSPS) is 13.9. The lowest BCUT2D eigenvalue weighted by Crippen LogP contribution is -2.36. The van der Waals surface area contributed by atoms with Gasteiger partial charge in [-0.1, -0.05) is 18.2 Å². The predicted molar refractivity (Wildman–Crippen MR) is 131 cm³/mol. The SMILES string of the molecule is Cc1c(CN(C)C(=O)c2ccccc2)sc2c(N3CCOCC3)nc(-c3cccnc3)nc12. The quantitative estimate of drug-likeness (QED) is 0.446. The van der Waals surface area contributed by atoms with E-state index >= 15 is 0 Å². The van der Waals surface area contributed by atoms with E-state index in [-0.39, 0.29) is 5.91 Å². The highest BCUT2D eigenvalue weighted by Crippen LogP contribution is 2.38. The van der Waals surface area contributed by atoms with Crippen LogP contribution in [0.4, 0.5) is 5.82 Å². The summed E-state index contributed by atoms with van der Waals surface area (Å²) in [6.07, 6.45) is 3.54. The maximum absolute atomic E-state index is 12.9. The third-order valence-electron chi connectivity index (χ3n) is 5.82. The average molecular weight is 460 g/mol. The number of nitrogens with zero attached hydrogens (tertiary/aromatic N) is 5. The van der Waals surface area contributed by atoms with Gasteiger partial charge in [0.1, 0.15) is 0 Å². The van der Waals surface area contributed by atoms with E-state index in [4.69, 9.17) is 14.7 Å². The van der Waals surface area contributed by atoms with Crippen molar-refractivity contribution in [1.29, 1.82) is 0 Å². The maximum atomic E-state index is 12.9. The molecular formula is C25H25N5O2S. The first-order valence-electron chi connectivity index (χ1n) is 11.0. The van der Waals surface area contributed by atoms with Crippen LogP contribution in [0.25, 0.3) is 21.6 Å². The number of carbonyl (C=O) groups excluding carboxylic acids is 1. The summed E-state index contributed by atoms with van der Waals surface area (Å²) in [5.41, 5.74) is 3.60. The van der Waals surface area contributed by atoms with Gasteiger partial charge in [-0.2, -0.15) is 0 Å². The zero-order valence-corrected chi connectivity index (χ0v) is 19.5. The second-order valence-electron chi connectivity index (χ2n) is 8.07. The van der Waals surface area contributed by atoms with Gasteiger partial charge in [0.25, 0.3) is 5.91 Å². The van der Waals surface area contributed by atoms with Gasteiger partial charge in [0, 0.05) is 48.5 Å². The average Bonchev–Trinajstić information content (AvgIpc) is 3.19. The van der Waals surface area contributed by atoms with Crippen molar-refractivity contribution in [2.24, 2.45) is 0 Å². The maximum Gasteiger partial charge on any atom is 0.253 e. The minimum Gasteiger partial charge on any atom is -0.378 e. The molecule has 168 valence electrons. The summed E-state index contributed by atoms with van der Waals surface area (Å²) in [4.78, 5) is 32.2. The van der Waals surface area contributed by atoms with Crippen LogP contribution >= 0.6 is 11.3 Å². The number of hydrogen-bond donors (Lipinski definition) is 0. The second-order valence-corrected chi connectivity index (χ2v) is 9.17. The van der Waals surface area contributed by atoms with Gasteiger partial charge in [0.2, 0.25) is 0 Å². The highest BCUT2D eigenvalue weighted by atomic mass is 32.1. The van der Waals surface area contributed by atoms with Crippen LogP contribution in [-0.4, -0.2) is 59.1 Å². The van der Waals surface area contributed by atoms with Crippen molar-refractivity contribution in [2.45, 2.75) is 13.5 Å². The van der Waals surface area contributed by atoms with Gasteiger partial charge < -0.3 is 14.5 Å². The number of morpholine rings is 1. The van der Waals surface area contributed by atoms with Crippen LogP contribution in [0.3, 0.4) is 0 Å². The smallest absolute Gasteiger partial charge is 0.253 e. The molecule has 0 unspecified atom stereocenters.